The Kier molecular flexibility index (Phi) is 4.61. The third-order valence-electron chi connectivity index (χ3n) is 3.43. The number of hydrogen-bond donors (Lipinski definition) is 2. The Morgan fingerprint density at radius 1 is 1.35 bits per heavy atom. The lowest BCUT2D eigenvalue weighted by Gasteiger charge is -2.24. The van der Waals surface area contributed by atoms with Gasteiger partial charge in [-0.25, -0.2) is 4.79 Å². The molecule has 1 aliphatic carbocycles. The number of carboxylic acids is 1. The van der Waals surface area contributed by atoms with Crippen LogP contribution in [0.1, 0.15) is 31.4 Å². The van der Waals surface area contributed by atoms with Crippen molar-refractivity contribution in [1.82, 2.24) is 10.2 Å². The summed E-state index contributed by atoms with van der Waals surface area (Å²) in [6.07, 6.45) is 2.16. The second-order valence-corrected chi connectivity index (χ2v) is 5.30. The van der Waals surface area contributed by atoms with Crippen LogP contribution in [0.3, 0.4) is 0 Å². The Bertz CT molecular complexity index is 471. The molecule has 2 N–H and O–H groups in total. The van der Waals surface area contributed by atoms with Crippen molar-refractivity contribution in [2.45, 2.75) is 25.8 Å². The first-order valence-electron chi connectivity index (χ1n) is 6.88. The maximum atomic E-state index is 12.2. The number of amides is 2. The molecule has 2 rings (SSSR count). The Hall–Kier alpha value is -2.04. The molecule has 0 bridgehead atoms. The van der Waals surface area contributed by atoms with E-state index in [1.165, 1.54) is 4.90 Å². The highest BCUT2D eigenvalue weighted by atomic mass is 16.4. The Balaban J connectivity index is 1.94. The van der Waals surface area contributed by atoms with Crippen molar-refractivity contribution in [3.63, 3.8) is 0 Å². The summed E-state index contributed by atoms with van der Waals surface area (Å²) < 4.78 is 0. The van der Waals surface area contributed by atoms with Crippen LogP contribution >= 0.6 is 0 Å². The van der Waals surface area contributed by atoms with Crippen LogP contribution in [-0.2, 0) is 4.79 Å². The molecule has 1 aromatic carbocycles. The molecule has 1 aromatic rings. The van der Waals surface area contributed by atoms with Gasteiger partial charge in [0.05, 0.1) is 6.04 Å². The van der Waals surface area contributed by atoms with E-state index in [-0.39, 0.29) is 18.6 Å². The van der Waals surface area contributed by atoms with Crippen LogP contribution in [0, 0.1) is 5.92 Å². The first-order chi connectivity index (χ1) is 9.56. The van der Waals surface area contributed by atoms with Crippen molar-refractivity contribution in [2.24, 2.45) is 5.92 Å². The van der Waals surface area contributed by atoms with Crippen LogP contribution in [0.2, 0.25) is 0 Å². The molecule has 0 heterocycles. The second-order valence-electron chi connectivity index (χ2n) is 5.30. The van der Waals surface area contributed by atoms with Crippen molar-refractivity contribution in [3.05, 3.63) is 35.9 Å². The van der Waals surface area contributed by atoms with Gasteiger partial charge in [-0.3, -0.25) is 4.79 Å². The lowest BCUT2D eigenvalue weighted by atomic mass is 10.1. The first-order valence-corrected chi connectivity index (χ1v) is 6.88. The number of nitrogens with zero attached hydrogens (tertiary/aromatic N) is 1. The van der Waals surface area contributed by atoms with Crippen molar-refractivity contribution in [2.75, 3.05) is 13.1 Å². The molecule has 1 aliphatic rings. The summed E-state index contributed by atoms with van der Waals surface area (Å²) in [7, 11) is 0. The zero-order valence-corrected chi connectivity index (χ0v) is 11.6. The lowest BCUT2D eigenvalue weighted by Crippen LogP contribution is -2.44. The van der Waals surface area contributed by atoms with E-state index in [2.05, 4.69) is 5.32 Å². The minimum Gasteiger partial charge on any atom is -0.480 e. The van der Waals surface area contributed by atoms with E-state index in [0.29, 0.717) is 12.5 Å². The van der Waals surface area contributed by atoms with E-state index < -0.39 is 5.97 Å². The number of carbonyl (C=O) groups is 2. The molecule has 1 fully saturated rings. The van der Waals surface area contributed by atoms with E-state index in [1.54, 1.807) is 0 Å². The van der Waals surface area contributed by atoms with Crippen molar-refractivity contribution >= 4 is 12.0 Å². The number of urea groups is 1. The SMILES string of the molecule is CC(NC(=O)N(CC(=O)O)CC1CC1)c1ccccc1. The Labute approximate surface area is 118 Å². The van der Waals surface area contributed by atoms with Crippen molar-refractivity contribution in [1.29, 1.82) is 0 Å². The monoisotopic (exact) mass is 276 g/mol. The van der Waals surface area contributed by atoms with E-state index in [4.69, 9.17) is 5.11 Å². The first kappa shape index (κ1) is 14.4. The summed E-state index contributed by atoms with van der Waals surface area (Å²) in [5, 5.41) is 11.8. The lowest BCUT2D eigenvalue weighted by molar-refractivity contribution is -0.137. The molecule has 2 amide bonds. The third-order valence-corrected chi connectivity index (χ3v) is 3.43. The molecular weight excluding hydrogens is 256 g/mol. The number of aliphatic carboxylic acids is 1. The van der Waals surface area contributed by atoms with E-state index in [0.717, 1.165) is 18.4 Å². The molecular formula is C15H20N2O3. The maximum Gasteiger partial charge on any atom is 0.323 e. The quantitative estimate of drug-likeness (QED) is 0.837. The van der Waals surface area contributed by atoms with Crippen molar-refractivity contribution < 1.29 is 14.7 Å². The van der Waals surface area contributed by atoms with E-state index in [1.807, 2.05) is 37.3 Å². The fourth-order valence-corrected chi connectivity index (χ4v) is 2.10. The van der Waals surface area contributed by atoms with Gasteiger partial charge >= 0.3 is 12.0 Å². The largest absolute Gasteiger partial charge is 0.480 e. The fraction of sp³-hybridized carbons (Fsp3) is 0.467. The second kappa shape index (κ2) is 6.41. The molecule has 1 atom stereocenters. The fourth-order valence-electron chi connectivity index (χ4n) is 2.10. The molecule has 108 valence electrons. The summed E-state index contributed by atoms with van der Waals surface area (Å²) in [6.45, 7) is 2.17. The summed E-state index contributed by atoms with van der Waals surface area (Å²) in [5.41, 5.74) is 1.00. The van der Waals surface area contributed by atoms with Crippen LogP contribution in [0.25, 0.3) is 0 Å². The Morgan fingerprint density at radius 2 is 2.00 bits per heavy atom. The molecule has 0 spiro atoms. The minimum atomic E-state index is -0.979. The molecule has 0 aromatic heterocycles. The summed E-state index contributed by atoms with van der Waals surface area (Å²) in [6, 6.07) is 9.17. The van der Waals surface area contributed by atoms with Gasteiger partial charge in [-0.05, 0) is 31.2 Å². The number of nitrogens with one attached hydrogen (secondary N) is 1. The number of hydrogen-bond acceptors (Lipinski definition) is 2. The molecule has 0 saturated heterocycles. The summed E-state index contributed by atoms with van der Waals surface area (Å²) >= 11 is 0. The maximum absolute atomic E-state index is 12.2. The van der Waals surface area contributed by atoms with E-state index in [9.17, 15) is 9.59 Å². The molecule has 5 nitrogen and oxygen atoms in total. The van der Waals surface area contributed by atoms with Gasteiger partial charge in [0.2, 0.25) is 0 Å². The average molecular weight is 276 g/mol. The van der Waals surface area contributed by atoms with Gasteiger partial charge in [0.25, 0.3) is 0 Å². The van der Waals surface area contributed by atoms with Gasteiger partial charge in [-0.1, -0.05) is 30.3 Å². The van der Waals surface area contributed by atoms with Gasteiger partial charge in [-0.2, -0.15) is 0 Å². The topological polar surface area (TPSA) is 69.6 Å². The number of carbonyl (C=O) groups excluding carboxylic acids is 1. The van der Waals surface area contributed by atoms with Gasteiger partial charge in [-0.15, -0.1) is 0 Å². The zero-order valence-electron chi connectivity index (χ0n) is 11.6. The molecule has 1 unspecified atom stereocenters. The molecule has 1 saturated carbocycles. The summed E-state index contributed by atoms with van der Waals surface area (Å²) in [5.74, 6) is -0.514. The van der Waals surface area contributed by atoms with Crippen molar-refractivity contribution in [3.8, 4) is 0 Å². The summed E-state index contributed by atoms with van der Waals surface area (Å²) in [4.78, 5) is 24.4. The predicted octanol–water partition coefficient (Wildman–Crippen LogP) is 2.25. The highest BCUT2D eigenvalue weighted by Crippen LogP contribution is 2.29. The molecule has 5 heteroatoms. The standard InChI is InChI=1S/C15H20N2O3/c1-11(13-5-3-2-4-6-13)16-15(20)17(10-14(18)19)9-12-7-8-12/h2-6,11-12H,7-10H2,1H3,(H,16,20)(H,18,19). The van der Waals surface area contributed by atoms with Gasteiger partial charge in [0.15, 0.2) is 0 Å². The zero-order chi connectivity index (χ0) is 14.5. The highest BCUT2D eigenvalue weighted by Gasteiger charge is 2.28. The van der Waals surface area contributed by atoms with Crippen LogP contribution in [0.5, 0.6) is 0 Å². The Morgan fingerprint density at radius 3 is 2.55 bits per heavy atom. The van der Waals surface area contributed by atoms with E-state index >= 15 is 0 Å². The number of carboxylic acid groups (broad SMARTS) is 1. The normalized spacial score (nSPS) is 15.4. The molecule has 0 radical (unpaired) electrons. The van der Waals surface area contributed by atoms with Crippen LogP contribution in [0.15, 0.2) is 30.3 Å². The smallest absolute Gasteiger partial charge is 0.323 e. The van der Waals surface area contributed by atoms with Crippen LogP contribution < -0.4 is 5.32 Å². The average Bonchev–Trinajstić information content (AvgIpc) is 3.22. The van der Waals surface area contributed by atoms with Gasteiger partial charge in [0.1, 0.15) is 6.54 Å². The minimum absolute atomic E-state index is 0.140. The third kappa shape index (κ3) is 4.26. The predicted molar refractivity (Wildman–Crippen MR) is 75.3 cm³/mol. The highest BCUT2D eigenvalue weighted by molar-refractivity contribution is 5.80. The number of rotatable bonds is 6. The van der Waals surface area contributed by atoms with Gasteiger partial charge < -0.3 is 15.3 Å². The number of benzene rings is 1. The van der Waals surface area contributed by atoms with Gasteiger partial charge in [0, 0.05) is 6.54 Å². The molecule has 20 heavy (non-hydrogen) atoms. The van der Waals surface area contributed by atoms with Crippen LogP contribution in [0.4, 0.5) is 4.79 Å². The van der Waals surface area contributed by atoms with Crippen LogP contribution in [-0.4, -0.2) is 35.1 Å². The molecule has 0 aliphatic heterocycles.